The number of rotatable bonds is 7. The van der Waals surface area contributed by atoms with Crippen LogP contribution in [0.25, 0.3) is 11.6 Å². The number of thioether (sulfide) groups is 1. The molecule has 4 rings (SSSR count). The number of carbonyl (C=O) groups excluding carboxylic acids is 1. The number of fused-ring (bicyclic) bond motifs is 1. The van der Waals surface area contributed by atoms with Crippen molar-refractivity contribution in [2.45, 2.75) is 37.8 Å². The van der Waals surface area contributed by atoms with Crippen molar-refractivity contribution in [1.82, 2.24) is 15.3 Å². The van der Waals surface area contributed by atoms with Gasteiger partial charge in [0.1, 0.15) is 17.2 Å². The van der Waals surface area contributed by atoms with Gasteiger partial charge in [-0.15, -0.1) is 11.8 Å². The van der Waals surface area contributed by atoms with Gasteiger partial charge in [0.25, 0.3) is 5.91 Å². The van der Waals surface area contributed by atoms with Crippen molar-refractivity contribution in [3.05, 3.63) is 53.4 Å². The molecule has 0 fully saturated rings. The number of carbonyl (C=O) groups is 1. The first-order chi connectivity index (χ1) is 14.9. The SMILES string of the molecule is CSc1nc(-c2ccco2)nc(C)c1C(=O)NCCOc1cccc2c1OC(C)(C)C2. The van der Waals surface area contributed by atoms with Crippen molar-refractivity contribution in [3.63, 3.8) is 0 Å². The zero-order chi connectivity index (χ0) is 22.0. The van der Waals surface area contributed by atoms with E-state index < -0.39 is 0 Å². The lowest BCUT2D eigenvalue weighted by molar-refractivity contribution is 0.0941. The second-order valence-corrected chi connectivity index (χ2v) is 8.68. The number of amides is 1. The van der Waals surface area contributed by atoms with Crippen LogP contribution in [0.3, 0.4) is 0 Å². The number of furan rings is 1. The minimum Gasteiger partial charge on any atom is -0.488 e. The minimum atomic E-state index is -0.233. The van der Waals surface area contributed by atoms with Gasteiger partial charge in [-0.2, -0.15) is 0 Å². The third kappa shape index (κ3) is 4.54. The van der Waals surface area contributed by atoms with E-state index in [2.05, 4.69) is 35.2 Å². The van der Waals surface area contributed by atoms with Crippen LogP contribution in [0.2, 0.25) is 0 Å². The van der Waals surface area contributed by atoms with Crippen molar-refractivity contribution in [2.24, 2.45) is 0 Å². The predicted octanol–water partition coefficient (Wildman–Crippen LogP) is 4.29. The number of hydrogen-bond donors (Lipinski definition) is 1. The summed E-state index contributed by atoms with van der Waals surface area (Å²) >= 11 is 1.40. The van der Waals surface area contributed by atoms with E-state index in [1.165, 1.54) is 11.8 Å². The lowest BCUT2D eigenvalue weighted by Gasteiger charge is -2.18. The number of hydrogen-bond acceptors (Lipinski definition) is 7. The van der Waals surface area contributed by atoms with Crippen LogP contribution in [0.5, 0.6) is 11.5 Å². The number of ether oxygens (including phenoxy) is 2. The molecule has 0 unspecified atom stereocenters. The summed E-state index contributed by atoms with van der Waals surface area (Å²) < 4.78 is 17.3. The molecule has 31 heavy (non-hydrogen) atoms. The molecule has 0 saturated heterocycles. The van der Waals surface area contributed by atoms with Gasteiger partial charge in [0.15, 0.2) is 23.1 Å². The molecule has 1 aliphatic heterocycles. The van der Waals surface area contributed by atoms with Crippen LogP contribution in [0, 0.1) is 6.92 Å². The number of aromatic nitrogens is 2. The quantitative estimate of drug-likeness (QED) is 0.334. The summed E-state index contributed by atoms with van der Waals surface area (Å²) in [7, 11) is 0. The number of benzene rings is 1. The first kappa shape index (κ1) is 21.2. The first-order valence-corrected chi connectivity index (χ1v) is 11.3. The van der Waals surface area contributed by atoms with E-state index in [9.17, 15) is 4.79 Å². The van der Waals surface area contributed by atoms with Gasteiger partial charge in [0, 0.05) is 12.0 Å². The molecule has 1 aliphatic rings. The lowest BCUT2D eigenvalue weighted by atomic mass is 10.0. The largest absolute Gasteiger partial charge is 0.488 e. The van der Waals surface area contributed by atoms with Crippen molar-refractivity contribution in [1.29, 1.82) is 0 Å². The molecule has 0 atom stereocenters. The summed E-state index contributed by atoms with van der Waals surface area (Å²) in [4.78, 5) is 21.8. The Morgan fingerprint density at radius 1 is 1.26 bits per heavy atom. The molecule has 0 radical (unpaired) electrons. The number of nitrogens with zero attached hydrogens (tertiary/aromatic N) is 2. The minimum absolute atomic E-state index is 0.230. The van der Waals surface area contributed by atoms with Gasteiger partial charge in [0.2, 0.25) is 0 Å². The second-order valence-electron chi connectivity index (χ2n) is 7.88. The normalized spacial score (nSPS) is 14.1. The van der Waals surface area contributed by atoms with E-state index in [0.29, 0.717) is 46.8 Å². The van der Waals surface area contributed by atoms with Gasteiger partial charge >= 0.3 is 0 Å². The monoisotopic (exact) mass is 439 g/mol. The summed E-state index contributed by atoms with van der Waals surface area (Å²) in [5.41, 5.74) is 1.97. The summed E-state index contributed by atoms with van der Waals surface area (Å²) in [6.07, 6.45) is 4.30. The van der Waals surface area contributed by atoms with Crippen LogP contribution in [0.4, 0.5) is 0 Å². The molecule has 1 amide bonds. The zero-order valence-corrected chi connectivity index (χ0v) is 18.8. The Bertz CT molecular complexity index is 1100. The molecule has 3 heterocycles. The predicted molar refractivity (Wildman–Crippen MR) is 119 cm³/mol. The Kier molecular flexibility index (Phi) is 5.91. The standard InChI is InChI=1S/C23H25N3O4S/c1-14-18(22(31-4)26-20(25-14)17-9-6-11-28-17)21(27)24-10-12-29-16-8-5-7-15-13-23(2,3)30-19(15)16/h5-9,11H,10,12-13H2,1-4H3,(H,24,27). The third-order valence-electron chi connectivity index (χ3n) is 4.92. The van der Waals surface area contributed by atoms with Gasteiger partial charge in [-0.1, -0.05) is 12.1 Å². The van der Waals surface area contributed by atoms with Crippen LogP contribution in [0.15, 0.2) is 46.0 Å². The van der Waals surface area contributed by atoms with Gasteiger partial charge < -0.3 is 19.2 Å². The smallest absolute Gasteiger partial charge is 0.256 e. The van der Waals surface area contributed by atoms with Crippen LogP contribution in [0.1, 0.15) is 35.5 Å². The molecule has 162 valence electrons. The highest BCUT2D eigenvalue weighted by Crippen LogP contribution is 2.41. The molecule has 0 bridgehead atoms. The summed E-state index contributed by atoms with van der Waals surface area (Å²) in [5, 5.41) is 3.51. The van der Waals surface area contributed by atoms with E-state index in [1.807, 2.05) is 18.4 Å². The highest BCUT2D eigenvalue weighted by molar-refractivity contribution is 7.98. The number of nitrogens with one attached hydrogen (secondary N) is 1. The molecule has 3 aromatic rings. The van der Waals surface area contributed by atoms with Gasteiger partial charge in [-0.3, -0.25) is 4.79 Å². The first-order valence-electron chi connectivity index (χ1n) is 10.1. The molecule has 2 aromatic heterocycles. The van der Waals surface area contributed by atoms with Crippen molar-refractivity contribution >= 4 is 17.7 Å². The van der Waals surface area contributed by atoms with E-state index in [4.69, 9.17) is 13.9 Å². The fraction of sp³-hybridized carbons (Fsp3) is 0.348. The van der Waals surface area contributed by atoms with Gasteiger partial charge in [-0.25, -0.2) is 9.97 Å². The van der Waals surface area contributed by atoms with Gasteiger partial charge in [0.05, 0.1) is 24.1 Å². The van der Waals surface area contributed by atoms with Crippen molar-refractivity contribution < 1.29 is 18.7 Å². The molecule has 0 saturated carbocycles. The molecular formula is C23H25N3O4S. The van der Waals surface area contributed by atoms with E-state index in [0.717, 1.165) is 17.7 Å². The maximum absolute atomic E-state index is 12.8. The summed E-state index contributed by atoms with van der Waals surface area (Å²) in [5.74, 6) is 2.30. The topological polar surface area (TPSA) is 86.5 Å². The van der Waals surface area contributed by atoms with Crippen molar-refractivity contribution in [3.8, 4) is 23.1 Å². The maximum Gasteiger partial charge on any atom is 0.256 e. The van der Waals surface area contributed by atoms with Crippen LogP contribution in [-0.2, 0) is 6.42 Å². The molecule has 7 nitrogen and oxygen atoms in total. The summed E-state index contributed by atoms with van der Waals surface area (Å²) in [6, 6.07) is 9.48. The average Bonchev–Trinajstić information content (AvgIpc) is 3.37. The Balaban J connectivity index is 1.40. The number of aryl methyl sites for hydroxylation is 1. The molecule has 0 aliphatic carbocycles. The third-order valence-corrected chi connectivity index (χ3v) is 5.60. The van der Waals surface area contributed by atoms with Crippen molar-refractivity contribution in [2.75, 3.05) is 19.4 Å². The molecular weight excluding hydrogens is 414 g/mol. The highest BCUT2D eigenvalue weighted by Gasteiger charge is 2.32. The zero-order valence-electron chi connectivity index (χ0n) is 18.0. The Labute approximate surface area is 185 Å². The summed E-state index contributed by atoms with van der Waals surface area (Å²) in [6.45, 7) is 6.58. The van der Waals surface area contributed by atoms with Crippen LogP contribution < -0.4 is 14.8 Å². The molecule has 8 heteroatoms. The van der Waals surface area contributed by atoms with E-state index in [-0.39, 0.29) is 11.5 Å². The molecule has 1 N–H and O–H groups in total. The van der Waals surface area contributed by atoms with E-state index >= 15 is 0 Å². The lowest BCUT2D eigenvalue weighted by Crippen LogP contribution is -2.30. The Morgan fingerprint density at radius 3 is 2.84 bits per heavy atom. The van der Waals surface area contributed by atoms with Crippen LogP contribution in [-0.4, -0.2) is 40.9 Å². The Hall–Kier alpha value is -3.00. The van der Waals surface area contributed by atoms with E-state index in [1.54, 1.807) is 25.3 Å². The molecule has 1 aromatic carbocycles. The number of para-hydroxylation sites is 1. The fourth-order valence-corrected chi connectivity index (χ4v) is 4.21. The molecule has 0 spiro atoms. The highest BCUT2D eigenvalue weighted by atomic mass is 32.2. The van der Waals surface area contributed by atoms with Crippen LogP contribution >= 0.6 is 11.8 Å². The Morgan fingerprint density at radius 2 is 2.10 bits per heavy atom. The maximum atomic E-state index is 12.8. The average molecular weight is 440 g/mol. The fourth-order valence-electron chi connectivity index (χ4n) is 3.59. The van der Waals surface area contributed by atoms with Gasteiger partial charge in [-0.05, 0) is 45.2 Å². The second kappa shape index (κ2) is 8.63.